The van der Waals surface area contributed by atoms with Crippen LogP contribution >= 0.6 is 0 Å². The van der Waals surface area contributed by atoms with Crippen molar-refractivity contribution in [2.45, 2.75) is 6.42 Å². The minimum Gasteiger partial charge on any atom is -0.748 e. The fraction of sp³-hybridized carbons (Fsp3) is 0.600. The van der Waals surface area contributed by atoms with E-state index in [1.165, 1.54) is 13.2 Å². The van der Waals surface area contributed by atoms with Crippen molar-refractivity contribution >= 4 is 0 Å². The standard InChI is InChI=1S/C5H11N3O4/c1-12-8(11)6-4-2-3-5-7(9)10/h3,5-6,9H,2,4H2,1H3/q-2/b5-3+. The van der Waals surface area contributed by atoms with Crippen LogP contribution in [0.25, 0.3) is 0 Å². The van der Waals surface area contributed by atoms with Crippen LogP contribution < -0.4 is 5.43 Å². The summed E-state index contributed by atoms with van der Waals surface area (Å²) in [7, 11) is 1.23. The van der Waals surface area contributed by atoms with Crippen LogP contribution in [0.15, 0.2) is 12.3 Å². The van der Waals surface area contributed by atoms with Crippen LogP contribution in [-0.4, -0.2) is 29.4 Å². The van der Waals surface area contributed by atoms with Crippen LogP contribution in [0.3, 0.4) is 0 Å². The van der Waals surface area contributed by atoms with Crippen molar-refractivity contribution in [2.75, 3.05) is 13.7 Å². The highest BCUT2D eigenvalue weighted by molar-refractivity contribution is 4.78. The molecule has 0 fully saturated rings. The van der Waals surface area contributed by atoms with Crippen LogP contribution in [0.1, 0.15) is 6.42 Å². The predicted molar refractivity (Wildman–Crippen MR) is 41.0 cm³/mol. The molecule has 0 atom stereocenters. The van der Waals surface area contributed by atoms with Gasteiger partial charge < -0.3 is 15.6 Å². The van der Waals surface area contributed by atoms with Crippen LogP contribution in [0.2, 0.25) is 0 Å². The topological polar surface area (TPSA) is 94.1 Å². The van der Waals surface area contributed by atoms with Gasteiger partial charge >= 0.3 is 0 Å². The number of rotatable bonds is 6. The van der Waals surface area contributed by atoms with Gasteiger partial charge in [-0.15, -0.1) is 0 Å². The van der Waals surface area contributed by atoms with Gasteiger partial charge in [-0.25, -0.2) is 5.43 Å². The van der Waals surface area contributed by atoms with E-state index in [4.69, 9.17) is 5.21 Å². The summed E-state index contributed by atoms with van der Waals surface area (Å²) in [6.45, 7) is 0.321. The molecule has 72 valence electrons. The Morgan fingerprint density at radius 2 is 2.25 bits per heavy atom. The molecule has 0 aliphatic rings. The average Bonchev–Trinajstić information content (AvgIpc) is 2.03. The first-order valence-electron chi connectivity index (χ1n) is 3.23. The van der Waals surface area contributed by atoms with E-state index in [-0.39, 0.29) is 10.6 Å². The molecule has 0 saturated carbocycles. The first kappa shape index (κ1) is 11.3. The second-order valence-electron chi connectivity index (χ2n) is 1.82. The van der Waals surface area contributed by atoms with Crippen LogP contribution in [0, 0.1) is 10.4 Å². The summed E-state index contributed by atoms with van der Waals surface area (Å²) in [6, 6.07) is 0. The second-order valence-corrected chi connectivity index (χ2v) is 1.82. The molecular formula is C5H11N3O4-2. The van der Waals surface area contributed by atoms with E-state index in [9.17, 15) is 10.4 Å². The highest BCUT2D eigenvalue weighted by atomic mass is 16.9. The summed E-state index contributed by atoms with van der Waals surface area (Å²) in [5.41, 5.74) is 2.31. The molecule has 2 N–H and O–H groups in total. The van der Waals surface area contributed by atoms with Gasteiger partial charge in [-0.1, -0.05) is 6.08 Å². The first-order valence-corrected chi connectivity index (χ1v) is 3.23. The number of nitrogens with one attached hydrogen (secondary N) is 1. The minimum atomic E-state index is -0.314. The van der Waals surface area contributed by atoms with E-state index in [0.29, 0.717) is 13.0 Å². The van der Waals surface area contributed by atoms with Gasteiger partial charge in [0.1, 0.15) is 0 Å². The quantitative estimate of drug-likeness (QED) is 0.433. The Balaban J connectivity index is 3.21. The summed E-state index contributed by atoms with van der Waals surface area (Å²) in [6.07, 6.45) is 2.77. The Morgan fingerprint density at radius 1 is 1.58 bits per heavy atom. The lowest BCUT2D eigenvalue weighted by molar-refractivity contribution is -0.128. The zero-order chi connectivity index (χ0) is 9.40. The lowest BCUT2D eigenvalue weighted by Gasteiger charge is -2.24. The number of hydroxylamine groups is 2. The first-order chi connectivity index (χ1) is 5.66. The third kappa shape index (κ3) is 7.41. The largest absolute Gasteiger partial charge is 0.748 e. The zero-order valence-electron chi connectivity index (χ0n) is 6.64. The fourth-order valence-corrected chi connectivity index (χ4v) is 0.468. The molecule has 0 bridgehead atoms. The summed E-state index contributed by atoms with van der Waals surface area (Å²) >= 11 is 0. The highest BCUT2D eigenvalue weighted by Crippen LogP contribution is 1.84. The predicted octanol–water partition coefficient (Wildman–Crippen LogP) is -0.0550. The number of hydrazine groups is 1. The van der Waals surface area contributed by atoms with Gasteiger partial charge in [0.2, 0.25) is 0 Å². The van der Waals surface area contributed by atoms with Gasteiger partial charge in [0, 0.05) is 12.7 Å². The molecule has 0 aliphatic carbocycles. The third-order valence-corrected chi connectivity index (χ3v) is 0.951. The maximum Gasteiger partial charge on any atom is 0.0579 e. The summed E-state index contributed by atoms with van der Waals surface area (Å²) in [5.74, 6) is 0. The Hall–Kier alpha value is -0.700. The van der Waals surface area contributed by atoms with Gasteiger partial charge in [0.25, 0.3) is 0 Å². The van der Waals surface area contributed by atoms with Crippen LogP contribution in [0.5, 0.6) is 0 Å². The van der Waals surface area contributed by atoms with Crippen LogP contribution in [-0.2, 0) is 4.84 Å². The summed E-state index contributed by atoms with van der Waals surface area (Å²) < 4.78 is 0. The van der Waals surface area contributed by atoms with E-state index in [0.717, 1.165) is 6.20 Å². The van der Waals surface area contributed by atoms with Gasteiger partial charge in [-0.2, -0.15) is 5.34 Å². The maximum absolute atomic E-state index is 10.3. The molecule has 0 rings (SSSR count). The molecule has 0 radical (unpaired) electrons. The Morgan fingerprint density at radius 3 is 2.75 bits per heavy atom. The Bertz CT molecular complexity index is 130. The van der Waals surface area contributed by atoms with Crippen molar-refractivity contribution in [3.8, 4) is 0 Å². The molecule has 7 heteroatoms. The summed E-state index contributed by atoms with van der Waals surface area (Å²) in [4.78, 5) is 4.20. The van der Waals surface area contributed by atoms with E-state index >= 15 is 0 Å². The lowest BCUT2D eigenvalue weighted by Crippen LogP contribution is -2.32. The van der Waals surface area contributed by atoms with Crippen molar-refractivity contribution < 1.29 is 10.0 Å². The lowest BCUT2D eigenvalue weighted by atomic mass is 10.4. The van der Waals surface area contributed by atoms with E-state index in [1.807, 2.05) is 0 Å². The van der Waals surface area contributed by atoms with Crippen molar-refractivity contribution in [3.05, 3.63) is 22.7 Å². The number of nitrogens with zero attached hydrogens (tertiary/aromatic N) is 2. The highest BCUT2D eigenvalue weighted by Gasteiger charge is 1.83. The van der Waals surface area contributed by atoms with Crippen LogP contribution in [0.4, 0.5) is 0 Å². The average molecular weight is 177 g/mol. The molecular weight excluding hydrogens is 166 g/mol. The fourth-order valence-electron chi connectivity index (χ4n) is 0.468. The summed E-state index contributed by atoms with van der Waals surface area (Å²) in [5, 5.41) is 28.2. The molecule has 7 nitrogen and oxygen atoms in total. The monoisotopic (exact) mass is 177 g/mol. The van der Waals surface area contributed by atoms with Crippen molar-refractivity contribution in [1.82, 2.24) is 16.0 Å². The maximum atomic E-state index is 10.3. The Kier molecular flexibility index (Phi) is 6.57. The van der Waals surface area contributed by atoms with Gasteiger partial charge in [0.05, 0.1) is 7.11 Å². The molecule has 0 amide bonds. The molecule has 0 aromatic rings. The van der Waals surface area contributed by atoms with E-state index < -0.39 is 0 Å². The molecule has 0 spiro atoms. The number of hydrogen-bond acceptors (Lipinski definition) is 7. The molecule has 0 unspecified atom stereocenters. The molecule has 0 saturated heterocycles. The van der Waals surface area contributed by atoms with Crippen molar-refractivity contribution in [3.63, 3.8) is 0 Å². The second kappa shape index (κ2) is 6.98. The van der Waals surface area contributed by atoms with Gasteiger partial charge in [-0.05, 0) is 6.42 Å². The minimum absolute atomic E-state index is 0.196. The molecule has 0 aromatic carbocycles. The molecule has 12 heavy (non-hydrogen) atoms. The van der Waals surface area contributed by atoms with Crippen molar-refractivity contribution in [2.24, 2.45) is 0 Å². The normalized spacial score (nSPS) is 11.4. The molecule has 0 aromatic heterocycles. The zero-order valence-corrected chi connectivity index (χ0v) is 6.64. The Labute approximate surface area is 69.9 Å². The molecule has 0 heterocycles. The van der Waals surface area contributed by atoms with Gasteiger partial charge in [-0.3, -0.25) is 10.0 Å². The third-order valence-electron chi connectivity index (χ3n) is 0.951. The van der Waals surface area contributed by atoms with E-state index in [1.54, 1.807) is 0 Å². The SMILES string of the molecule is CON([O-])NCC/C=C/N([O-])O. The van der Waals surface area contributed by atoms with E-state index in [2.05, 4.69) is 10.3 Å². The number of hydrogen-bond donors (Lipinski definition) is 2. The smallest absolute Gasteiger partial charge is 0.0579 e. The van der Waals surface area contributed by atoms with Gasteiger partial charge in [0.15, 0.2) is 0 Å². The van der Waals surface area contributed by atoms with Crippen molar-refractivity contribution in [1.29, 1.82) is 0 Å². The molecule has 0 aliphatic heterocycles.